The monoisotopic (exact) mass is 401 g/mol. The molecule has 4 nitrogen and oxygen atoms in total. The van der Waals surface area contributed by atoms with Crippen LogP contribution in [0.25, 0.3) is 0 Å². The quantitative estimate of drug-likeness (QED) is 0.712. The average molecular weight is 402 g/mol. The van der Waals surface area contributed by atoms with Crippen LogP contribution in [0.5, 0.6) is 0 Å². The fourth-order valence-corrected chi connectivity index (χ4v) is 9.15. The summed E-state index contributed by atoms with van der Waals surface area (Å²) >= 11 is 0. The van der Waals surface area contributed by atoms with E-state index in [-0.39, 0.29) is 0 Å². The van der Waals surface area contributed by atoms with Crippen LogP contribution in [-0.4, -0.2) is 35.0 Å². The molecule has 1 saturated heterocycles. The van der Waals surface area contributed by atoms with Crippen LogP contribution in [0.15, 0.2) is 0 Å². The fraction of sp³-hybridized carbons (Fsp3) is 0.920. The van der Waals surface area contributed by atoms with Crippen molar-refractivity contribution in [2.75, 3.05) is 7.05 Å². The molecule has 0 aromatic carbocycles. The summed E-state index contributed by atoms with van der Waals surface area (Å²) in [6, 6.07) is 0.479. The highest BCUT2D eigenvalue weighted by atomic mass is 16.4. The predicted molar refractivity (Wildman–Crippen MR) is 112 cm³/mol. The summed E-state index contributed by atoms with van der Waals surface area (Å²) in [7, 11) is 2.05. The molecule has 5 fully saturated rings. The van der Waals surface area contributed by atoms with Gasteiger partial charge in [0.25, 0.3) is 0 Å². The Hall–Kier alpha value is -1.06. The molecule has 1 heterocycles. The van der Waals surface area contributed by atoms with Gasteiger partial charge in [0.05, 0.1) is 0 Å². The van der Waals surface area contributed by atoms with Gasteiger partial charge < -0.3 is 10.0 Å². The number of hydrogen-bond donors (Lipinski definition) is 1. The maximum absolute atomic E-state index is 12.4. The van der Waals surface area contributed by atoms with Crippen molar-refractivity contribution >= 4 is 11.9 Å². The minimum absolute atomic E-state index is 0.340. The minimum atomic E-state index is -0.639. The lowest BCUT2D eigenvalue weighted by atomic mass is 9.54. The van der Waals surface area contributed by atoms with Crippen molar-refractivity contribution in [2.24, 2.45) is 40.4 Å². The van der Waals surface area contributed by atoms with Gasteiger partial charge in [-0.05, 0) is 111 Å². The second-order valence-electron chi connectivity index (χ2n) is 11.5. The van der Waals surface area contributed by atoms with Crippen molar-refractivity contribution in [3.8, 4) is 0 Å². The molecule has 8 atom stereocenters. The highest BCUT2D eigenvalue weighted by Gasteiger charge is 2.70. The lowest BCUT2D eigenvalue weighted by Gasteiger charge is -2.51. The Morgan fingerprint density at radius 3 is 2.76 bits per heavy atom. The highest BCUT2D eigenvalue weighted by Crippen LogP contribution is 2.78. The maximum atomic E-state index is 12.4. The molecule has 4 saturated carbocycles. The Morgan fingerprint density at radius 2 is 1.97 bits per heavy atom. The third-order valence-electron chi connectivity index (χ3n) is 10.8. The molecular weight excluding hydrogens is 362 g/mol. The Kier molecular flexibility index (Phi) is 4.79. The van der Waals surface area contributed by atoms with E-state index in [0.29, 0.717) is 29.2 Å². The Balaban J connectivity index is 1.32. The number of carbonyl (C=O) groups is 2. The third-order valence-corrected chi connectivity index (χ3v) is 10.8. The molecule has 162 valence electrons. The molecule has 6 unspecified atom stereocenters. The zero-order valence-electron chi connectivity index (χ0n) is 18.4. The number of nitrogens with zero attached hydrogens (tertiary/aromatic N) is 1. The molecule has 29 heavy (non-hydrogen) atoms. The topological polar surface area (TPSA) is 57.6 Å². The summed E-state index contributed by atoms with van der Waals surface area (Å²) in [6.45, 7) is 2.62. The molecular formula is C25H39NO3. The molecule has 2 bridgehead atoms. The van der Waals surface area contributed by atoms with Crippen LogP contribution in [0.3, 0.4) is 0 Å². The van der Waals surface area contributed by atoms with Crippen LogP contribution in [0.4, 0.5) is 0 Å². The summed E-state index contributed by atoms with van der Waals surface area (Å²) in [5, 5.41) is 9.00. The van der Waals surface area contributed by atoms with E-state index in [1.54, 1.807) is 0 Å². The Labute approximate surface area is 175 Å². The van der Waals surface area contributed by atoms with E-state index in [9.17, 15) is 9.59 Å². The fourth-order valence-electron chi connectivity index (χ4n) is 9.15. The molecule has 0 aromatic rings. The molecule has 0 aromatic heterocycles. The SMILES string of the molecule is CN1C(=O)CC[C@@H]2CC1CCC1C2CC[C@@]2(C)C1CCC21CC1CCCC(=O)O. The zero-order chi connectivity index (χ0) is 20.4. The predicted octanol–water partition coefficient (Wildman–Crippen LogP) is 5.11. The number of carbonyl (C=O) groups excluding carboxylic acids is 1. The number of rotatable bonds is 4. The second-order valence-corrected chi connectivity index (χ2v) is 11.5. The number of likely N-dealkylation sites (tertiary alicyclic amines) is 1. The van der Waals surface area contributed by atoms with E-state index >= 15 is 0 Å². The molecule has 1 aliphatic heterocycles. The van der Waals surface area contributed by atoms with Gasteiger partial charge in [-0.2, -0.15) is 0 Å². The van der Waals surface area contributed by atoms with Crippen LogP contribution < -0.4 is 0 Å². The Morgan fingerprint density at radius 1 is 1.14 bits per heavy atom. The van der Waals surface area contributed by atoms with Crippen LogP contribution in [0.1, 0.15) is 90.4 Å². The van der Waals surface area contributed by atoms with Gasteiger partial charge in [0.2, 0.25) is 5.91 Å². The molecule has 4 aliphatic carbocycles. The van der Waals surface area contributed by atoms with Gasteiger partial charge in [0.1, 0.15) is 0 Å². The van der Waals surface area contributed by atoms with Crippen LogP contribution in [0.2, 0.25) is 0 Å². The van der Waals surface area contributed by atoms with Crippen LogP contribution in [-0.2, 0) is 9.59 Å². The first-order chi connectivity index (χ1) is 13.9. The highest BCUT2D eigenvalue weighted by molar-refractivity contribution is 5.76. The van der Waals surface area contributed by atoms with Crippen molar-refractivity contribution in [2.45, 2.75) is 96.4 Å². The smallest absolute Gasteiger partial charge is 0.303 e. The van der Waals surface area contributed by atoms with E-state index in [4.69, 9.17) is 5.11 Å². The van der Waals surface area contributed by atoms with Gasteiger partial charge >= 0.3 is 5.97 Å². The lowest BCUT2D eigenvalue weighted by molar-refractivity contribution is -0.137. The van der Waals surface area contributed by atoms with E-state index in [1.807, 2.05) is 7.05 Å². The molecule has 5 aliphatic rings. The van der Waals surface area contributed by atoms with Gasteiger partial charge in [-0.15, -0.1) is 0 Å². The molecule has 1 spiro atoms. The number of carboxylic acids is 1. The zero-order valence-corrected chi connectivity index (χ0v) is 18.4. The van der Waals surface area contributed by atoms with Gasteiger partial charge in [-0.1, -0.05) is 6.92 Å². The summed E-state index contributed by atoms with van der Waals surface area (Å²) in [5.41, 5.74) is 1.02. The lowest BCUT2D eigenvalue weighted by Crippen LogP contribution is -2.44. The van der Waals surface area contributed by atoms with E-state index < -0.39 is 5.97 Å². The molecule has 5 rings (SSSR count). The van der Waals surface area contributed by atoms with E-state index in [0.717, 1.165) is 55.3 Å². The molecule has 1 N–H and O–H groups in total. The van der Waals surface area contributed by atoms with Crippen molar-refractivity contribution < 1.29 is 14.7 Å². The minimum Gasteiger partial charge on any atom is -0.481 e. The van der Waals surface area contributed by atoms with Gasteiger partial charge in [0.15, 0.2) is 0 Å². The summed E-state index contributed by atoms with van der Waals surface area (Å²) < 4.78 is 0. The normalized spacial score (nSPS) is 48.6. The van der Waals surface area contributed by atoms with E-state index in [1.165, 1.54) is 51.4 Å². The van der Waals surface area contributed by atoms with Crippen molar-refractivity contribution in [1.29, 1.82) is 0 Å². The Bertz CT molecular complexity index is 692. The van der Waals surface area contributed by atoms with Crippen LogP contribution in [0, 0.1) is 40.4 Å². The second kappa shape index (κ2) is 6.99. The first kappa shape index (κ1) is 19.9. The van der Waals surface area contributed by atoms with Crippen molar-refractivity contribution in [1.82, 2.24) is 4.90 Å². The standard InChI is InChI=1S/C25H39NO3/c1-24-12-10-19-16-6-9-22(27)26(2)18(14-16)7-8-20(19)21(24)11-13-25(24)15-17(25)4-3-5-23(28)29/h16-21H,3-15H2,1-2H3,(H,28,29)/t16-,17?,18?,19?,20?,21?,24+,25?/m1/s1. The molecule has 4 heteroatoms. The third kappa shape index (κ3) is 2.98. The summed E-state index contributed by atoms with van der Waals surface area (Å²) in [6.07, 6.45) is 14.9. The van der Waals surface area contributed by atoms with Gasteiger partial charge in [0, 0.05) is 25.9 Å². The first-order valence-corrected chi connectivity index (χ1v) is 12.3. The molecule has 0 radical (unpaired) electrons. The number of fused-ring (bicyclic) bond motifs is 7. The van der Waals surface area contributed by atoms with Crippen molar-refractivity contribution in [3.63, 3.8) is 0 Å². The molecule has 1 amide bonds. The van der Waals surface area contributed by atoms with Crippen molar-refractivity contribution in [3.05, 3.63) is 0 Å². The van der Waals surface area contributed by atoms with Crippen LogP contribution >= 0.6 is 0 Å². The first-order valence-electron chi connectivity index (χ1n) is 12.3. The van der Waals surface area contributed by atoms with E-state index in [2.05, 4.69) is 11.8 Å². The summed E-state index contributed by atoms with van der Waals surface area (Å²) in [4.78, 5) is 25.4. The average Bonchev–Trinajstić information content (AvgIpc) is 3.38. The maximum Gasteiger partial charge on any atom is 0.303 e. The van der Waals surface area contributed by atoms with Gasteiger partial charge in [-0.3, -0.25) is 9.59 Å². The number of aliphatic carboxylic acids is 1. The largest absolute Gasteiger partial charge is 0.481 e. The number of hydrogen-bond acceptors (Lipinski definition) is 2. The number of carboxylic acid groups (broad SMARTS) is 1. The summed E-state index contributed by atoms with van der Waals surface area (Å²) in [5.74, 6) is 3.85. The van der Waals surface area contributed by atoms with Gasteiger partial charge in [-0.25, -0.2) is 0 Å². The number of amides is 1.